The van der Waals surface area contributed by atoms with Crippen LogP contribution in [-0.4, -0.2) is 22.8 Å². The van der Waals surface area contributed by atoms with E-state index in [2.05, 4.69) is 10.3 Å². The van der Waals surface area contributed by atoms with E-state index in [1.807, 2.05) is 31.2 Å². The van der Waals surface area contributed by atoms with Gasteiger partial charge < -0.3 is 11.1 Å². The van der Waals surface area contributed by atoms with Crippen LogP contribution in [0.2, 0.25) is 0 Å². The number of rotatable bonds is 6. The summed E-state index contributed by atoms with van der Waals surface area (Å²) in [6, 6.07) is 8.41. The second-order valence-corrected chi connectivity index (χ2v) is 4.95. The normalized spacial score (nSPS) is 12.0. The van der Waals surface area contributed by atoms with Crippen LogP contribution in [0.15, 0.2) is 36.5 Å². The molecule has 5 heteroatoms. The lowest BCUT2D eigenvalue weighted by Crippen LogP contribution is -2.44. The number of pyridine rings is 1. The molecule has 21 heavy (non-hydrogen) atoms. The van der Waals surface area contributed by atoms with Crippen molar-refractivity contribution in [2.24, 2.45) is 5.73 Å². The fourth-order valence-corrected chi connectivity index (χ4v) is 2.22. The van der Waals surface area contributed by atoms with Gasteiger partial charge in [0.2, 0.25) is 5.91 Å². The third kappa shape index (κ3) is 3.56. The molecule has 0 aliphatic heterocycles. The molecule has 0 aliphatic rings. The molecule has 110 valence electrons. The maximum atomic E-state index is 12.4. The fourth-order valence-electron chi connectivity index (χ4n) is 2.22. The number of benzene rings is 1. The maximum Gasteiger partial charge on any atom is 0.252 e. The minimum Gasteiger partial charge on any atom is -0.368 e. The molecule has 1 aromatic carbocycles. The second-order valence-electron chi connectivity index (χ2n) is 4.95. The Bertz CT molecular complexity index is 650. The molecule has 2 amide bonds. The van der Waals surface area contributed by atoms with Crippen molar-refractivity contribution >= 4 is 22.7 Å². The van der Waals surface area contributed by atoms with Crippen molar-refractivity contribution in [2.75, 3.05) is 0 Å². The highest BCUT2D eigenvalue weighted by molar-refractivity contribution is 6.07. The predicted octanol–water partition coefficient (Wildman–Crippen LogP) is 2.01. The van der Waals surface area contributed by atoms with E-state index in [1.54, 1.807) is 12.3 Å². The van der Waals surface area contributed by atoms with Gasteiger partial charge in [-0.2, -0.15) is 0 Å². The summed E-state index contributed by atoms with van der Waals surface area (Å²) in [4.78, 5) is 28.0. The van der Waals surface area contributed by atoms with Gasteiger partial charge in [0, 0.05) is 11.6 Å². The number of nitrogens with two attached hydrogens (primary N) is 1. The number of para-hydroxylation sites is 1. The van der Waals surface area contributed by atoms with Crippen LogP contribution in [0.5, 0.6) is 0 Å². The summed E-state index contributed by atoms with van der Waals surface area (Å²) in [6.45, 7) is 2.02. The van der Waals surface area contributed by atoms with E-state index >= 15 is 0 Å². The van der Waals surface area contributed by atoms with Gasteiger partial charge in [0.1, 0.15) is 6.04 Å². The molecule has 0 radical (unpaired) electrons. The van der Waals surface area contributed by atoms with E-state index in [0.29, 0.717) is 12.0 Å². The summed E-state index contributed by atoms with van der Waals surface area (Å²) in [5.41, 5.74) is 6.60. The van der Waals surface area contributed by atoms with Gasteiger partial charge in [-0.3, -0.25) is 14.6 Å². The van der Waals surface area contributed by atoms with Crippen molar-refractivity contribution in [3.8, 4) is 0 Å². The third-order valence-electron chi connectivity index (χ3n) is 3.39. The van der Waals surface area contributed by atoms with Crippen molar-refractivity contribution in [1.82, 2.24) is 10.3 Å². The molecule has 0 aliphatic carbocycles. The molecule has 0 unspecified atom stereocenters. The highest BCUT2D eigenvalue weighted by atomic mass is 16.2. The van der Waals surface area contributed by atoms with Gasteiger partial charge in [0.25, 0.3) is 5.91 Å². The van der Waals surface area contributed by atoms with Crippen LogP contribution in [0.25, 0.3) is 10.9 Å². The largest absolute Gasteiger partial charge is 0.368 e. The third-order valence-corrected chi connectivity index (χ3v) is 3.39. The van der Waals surface area contributed by atoms with Crippen molar-refractivity contribution in [1.29, 1.82) is 0 Å². The lowest BCUT2D eigenvalue weighted by atomic mass is 10.1. The first kappa shape index (κ1) is 15.0. The van der Waals surface area contributed by atoms with E-state index < -0.39 is 11.9 Å². The molecule has 1 atom stereocenters. The first-order valence-electron chi connectivity index (χ1n) is 7.07. The number of carbonyl (C=O) groups excluding carboxylic acids is 2. The van der Waals surface area contributed by atoms with Crippen LogP contribution < -0.4 is 11.1 Å². The van der Waals surface area contributed by atoms with Crippen molar-refractivity contribution in [3.05, 3.63) is 42.1 Å². The van der Waals surface area contributed by atoms with Gasteiger partial charge in [0.05, 0.1) is 11.1 Å². The van der Waals surface area contributed by atoms with Gasteiger partial charge in [-0.25, -0.2) is 0 Å². The Kier molecular flexibility index (Phi) is 4.87. The molecular formula is C16H19N3O2. The Balaban J connectivity index is 2.23. The molecule has 2 aromatic rings. The highest BCUT2D eigenvalue weighted by Crippen LogP contribution is 2.16. The number of amides is 2. The van der Waals surface area contributed by atoms with E-state index in [0.717, 1.165) is 23.7 Å². The second kappa shape index (κ2) is 6.83. The molecule has 0 saturated heterocycles. The number of aromatic nitrogens is 1. The van der Waals surface area contributed by atoms with Crippen molar-refractivity contribution in [2.45, 2.75) is 32.2 Å². The molecule has 0 saturated carbocycles. The van der Waals surface area contributed by atoms with Gasteiger partial charge in [0.15, 0.2) is 0 Å². The molecule has 3 N–H and O–H groups in total. The van der Waals surface area contributed by atoms with E-state index in [9.17, 15) is 9.59 Å². The molecular weight excluding hydrogens is 266 g/mol. The molecule has 1 heterocycles. The minimum absolute atomic E-state index is 0.298. The van der Waals surface area contributed by atoms with Crippen LogP contribution in [0.3, 0.4) is 0 Å². The standard InChI is InChI=1S/C16H19N3O2/c1-2-3-7-14(15(17)20)19-16(21)12-9-10-18-13-8-5-4-6-11(12)13/h4-6,8-10,14H,2-3,7H2,1H3,(H2,17,20)(H,19,21)/t14-/m1/s1. The first-order chi connectivity index (χ1) is 10.1. The summed E-state index contributed by atoms with van der Waals surface area (Å²) >= 11 is 0. The zero-order valence-corrected chi connectivity index (χ0v) is 12.0. The van der Waals surface area contributed by atoms with Gasteiger partial charge in [-0.1, -0.05) is 38.0 Å². The Morgan fingerprint density at radius 1 is 1.29 bits per heavy atom. The van der Waals surface area contributed by atoms with E-state index in [1.165, 1.54) is 0 Å². The predicted molar refractivity (Wildman–Crippen MR) is 81.7 cm³/mol. The van der Waals surface area contributed by atoms with Gasteiger partial charge in [-0.15, -0.1) is 0 Å². The van der Waals surface area contributed by atoms with Gasteiger partial charge >= 0.3 is 0 Å². The quantitative estimate of drug-likeness (QED) is 0.851. The SMILES string of the molecule is CCCC[C@@H](NC(=O)c1ccnc2ccccc12)C(N)=O. The van der Waals surface area contributed by atoms with E-state index in [4.69, 9.17) is 5.73 Å². The number of unbranched alkanes of at least 4 members (excludes halogenated alkanes) is 1. The van der Waals surface area contributed by atoms with Gasteiger partial charge in [-0.05, 0) is 18.6 Å². The average molecular weight is 285 g/mol. The average Bonchev–Trinajstić information content (AvgIpc) is 2.50. The smallest absolute Gasteiger partial charge is 0.252 e. The van der Waals surface area contributed by atoms with Crippen LogP contribution in [0.1, 0.15) is 36.5 Å². The first-order valence-corrected chi connectivity index (χ1v) is 7.07. The van der Waals surface area contributed by atoms with E-state index in [-0.39, 0.29) is 5.91 Å². The van der Waals surface area contributed by atoms with Crippen LogP contribution >= 0.6 is 0 Å². The lowest BCUT2D eigenvalue weighted by molar-refractivity contribution is -0.120. The highest BCUT2D eigenvalue weighted by Gasteiger charge is 2.19. The number of primary amides is 1. The number of carbonyl (C=O) groups is 2. The zero-order chi connectivity index (χ0) is 15.2. The number of hydrogen-bond acceptors (Lipinski definition) is 3. The Hall–Kier alpha value is -2.43. The number of nitrogens with zero attached hydrogens (tertiary/aromatic N) is 1. The lowest BCUT2D eigenvalue weighted by Gasteiger charge is -2.15. The van der Waals surface area contributed by atoms with Crippen LogP contribution in [0.4, 0.5) is 0 Å². The topological polar surface area (TPSA) is 85.1 Å². The van der Waals surface area contributed by atoms with Crippen LogP contribution in [0, 0.1) is 0 Å². The van der Waals surface area contributed by atoms with Crippen molar-refractivity contribution < 1.29 is 9.59 Å². The summed E-state index contributed by atoms with van der Waals surface area (Å²) < 4.78 is 0. The Labute approximate surface area is 123 Å². The van der Waals surface area contributed by atoms with Crippen LogP contribution in [-0.2, 0) is 4.79 Å². The number of hydrogen-bond donors (Lipinski definition) is 2. The fraction of sp³-hybridized carbons (Fsp3) is 0.312. The molecule has 0 bridgehead atoms. The maximum absolute atomic E-state index is 12.4. The number of fused-ring (bicyclic) bond motifs is 1. The molecule has 5 nitrogen and oxygen atoms in total. The summed E-state index contributed by atoms with van der Waals surface area (Å²) in [5.74, 6) is -0.802. The Morgan fingerprint density at radius 2 is 2.05 bits per heavy atom. The molecule has 0 fully saturated rings. The summed E-state index contributed by atoms with van der Waals surface area (Å²) in [5, 5.41) is 3.48. The van der Waals surface area contributed by atoms with Crippen molar-refractivity contribution in [3.63, 3.8) is 0 Å². The number of nitrogens with one attached hydrogen (secondary N) is 1. The summed E-state index contributed by atoms with van der Waals surface area (Å²) in [7, 11) is 0. The molecule has 0 spiro atoms. The minimum atomic E-state index is -0.635. The monoisotopic (exact) mass is 285 g/mol. The zero-order valence-electron chi connectivity index (χ0n) is 12.0. The molecule has 2 rings (SSSR count). The summed E-state index contributed by atoms with van der Waals surface area (Å²) in [6.07, 6.45) is 3.92. The molecule has 1 aromatic heterocycles. The Morgan fingerprint density at radius 3 is 2.76 bits per heavy atom.